The van der Waals surface area contributed by atoms with Crippen LogP contribution in [0, 0.1) is 6.92 Å². The zero-order valence-corrected chi connectivity index (χ0v) is 12.0. The Kier molecular flexibility index (Phi) is 5.67. The quantitative estimate of drug-likeness (QED) is 0.801. The Morgan fingerprint density at radius 1 is 1.21 bits per heavy atom. The molecule has 0 aromatic heterocycles. The number of hydrogen-bond acceptors (Lipinski definition) is 3. The van der Waals surface area contributed by atoms with Crippen molar-refractivity contribution in [3.8, 4) is 5.75 Å². The molecule has 0 spiro atoms. The first-order valence-electron chi connectivity index (χ1n) is 7.23. The smallest absolute Gasteiger partial charge is 0.119 e. The SMILES string of the molecule is COC1CCC(NCCOc2cccc(C)c2)CC1. The number of rotatable bonds is 6. The first kappa shape index (κ1) is 14.4. The Balaban J connectivity index is 1.60. The summed E-state index contributed by atoms with van der Waals surface area (Å²) >= 11 is 0. The van der Waals surface area contributed by atoms with E-state index < -0.39 is 0 Å². The summed E-state index contributed by atoms with van der Waals surface area (Å²) < 4.78 is 11.1. The van der Waals surface area contributed by atoms with Crippen LogP contribution in [0.4, 0.5) is 0 Å². The van der Waals surface area contributed by atoms with Crippen molar-refractivity contribution < 1.29 is 9.47 Å². The van der Waals surface area contributed by atoms with Crippen LogP contribution in [0.2, 0.25) is 0 Å². The number of hydrogen-bond donors (Lipinski definition) is 1. The number of aryl methyl sites for hydroxylation is 1. The third-order valence-electron chi connectivity index (χ3n) is 3.80. The molecule has 0 atom stereocenters. The van der Waals surface area contributed by atoms with Gasteiger partial charge in [-0.25, -0.2) is 0 Å². The average Bonchev–Trinajstić information content (AvgIpc) is 2.44. The molecule has 0 bridgehead atoms. The second-order valence-corrected chi connectivity index (χ2v) is 5.33. The molecule has 3 heteroatoms. The lowest BCUT2D eigenvalue weighted by Crippen LogP contribution is -2.37. The van der Waals surface area contributed by atoms with E-state index in [0.717, 1.165) is 18.9 Å². The van der Waals surface area contributed by atoms with Gasteiger partial charge in [0.25, 0.3) is 0 Å². The van der Waals surface area contributed by atoms with Crippen LogP contribution in [0.1, 0.15) is 31.2 Å². The van der Waals surface area contributed by atoms with E-state index >= 15 is 0 Å². The van der Waals surface area contributed by atoms with Gasteiger partial charge in [-0.15, -0.1) is 0 Å². The molecule has 0 aliphatic heterocycles. The highest BCUT2D eigenvalue weighted by Gasteiger charge is 2.19. The largest absolute Gasteiger partial charge is 0.492 e. The molecule has 106 valence electrons. The summed E-state index contributed by atoms with van der Waals surface area (Å²) in [6, 6.07) is 8.83. The summed E-state index contributed by atoms with van der Waals surface area (Å²) in [6.07, 6.45) is 5.24. The monoisotopic (exact) mass is 263 g/mol. The number of methoxy groups -OCH3 is 1. The molecular weight excluding hydrogens is 238 g/mol. The Morgan fingerprint density at radius 3 is 2.68 bits per heavy atom. The third kappa shape index (κ3) is 4.84. The molecule has 0 unspecified atom stereocenters. The van der Waals surface area contributed by atoms with Gasteiger partial charge in [0.1, 0.15) is 12.4 Å². The van der Waals surface area contributed by atoms with E-state index in [4.69, 9.17) is 9.47 Å². The van der Waals surface area contributed by atoms with Crippen LogP contribution in [0.3, 0.4) is 0 Å². The molecule has 1 aliphatic rings. The van der Waals surface area contributed by atoms with E-state index in [-0.39, 0.29) is 0 Å². The molecule has 1 aromatic rings. The van der Waals surface area contributed by atoms with Gasteiger partial charge in [-0.2, -0.15) is 0 Å². The summed E-state index contributed by atoms with van der Waals surface area (Å²) in [6.45, 7) is 3.73. The number of nitrogens with one attached hydrogen (secondary N) is 1. The fourth-order valence-electron chi connectivity index (χ4n) is 2.64. The van der Waals surface area contributed by atoms with Crippen molar-refractivity contribution in [1.29, 1.82) is 0 Å². The molecule has 1 aromatic carbocycles. The van der Waals surface area contributed by atoms with Crippen LogP contribution in [0.5, 0.6) is 5.75 Å². The molecular formula is C16H25NO2. The van der Waals surface area contributed by atoms with Gasteiger partial charge in [-0.1, -0.05) is 12.1 Å². The van der Waals surface area contributed by atoms with Crippen LogP contribution in [-0.4, -0.2) is 32.4 Å². The molecule has 0 radical (unpaired) electrons. The molecule has 19 heavy (non-hydrogen) atoms. The molecule has 1 aliphatic carbocycles. The van der Waals surface area contributed by atoms with Gasteiger partial charge < -0.3 is 14.8 Å². The molecule has 0 saturated heterocycles. The van der Waals surface area contributed by atoms with Gasteiger partial charge in [0.15, 0.2) is 0 Å². The van der Waals surface area contributed by atoms with Crippen LogP contribution < -0.4 is 10.1 Å². The fourth-order valence-corrected chi connectivity index (χ4v) is 2.64. The predicted molar refractivity (Wildman–Crippen MR) is 77.7 cm³/mol. The van der Waals surface area contributed by atoms with Gasteiger partial charge in [0.05, 0.1) is 6.10 Å². The Labute approximate surface area is 116 Å². The molecule has 1 fully saturated rings. The minimum Gasteiger partial charge on any atom is -0.492 e. The fraction of sp³-hybridized carbons (Fsp3) is 0.625. The van der Waals surface area contributed by atoms with Crippen molar-refractivity contribution >= 4 is 0 Å². The zero-order chi connectivity index (χ0) is 13.5. The van der Waals surface area contributed by atoms with Gasteiger partial charge in [0, 0.05) is 19.7 Å². The van der Waals surface area contributed by atoms with Gasteiger partial charge in [-0.05, 0) is 50.3 Å². The summed E-state index contributed by atoms with van der Waals surface area (Å²) in [7, 11) is 1.81. The zero-order valence-electron chi connectivity index (χ0n) is 12.0. The highest BCUT2D eigenvalue weighted by Crippen LogP contribution is 2.20. The number of ether oxygens (including phenoxy) is 2. The summed E-state index contributed by atoms with van der Waals surface area (Å²) in [5.74, 6) is 0.963. The van der Waals surface area contributed by atoms with Gasteiger partial charge >= 0.3 is 0 Å². The lowest BCUT2D eigenvalue weighted by molar-refractivity contribution is 0.0622. The molecule has 0 heterocycles. The van der Waals surface area contributed by atoms with Gasteiger partial charge in [-0.3, -0.25) is 0 Å². The maximum Gasteiger partial charge on any atom is 0.119 e. The maximum absolute atomic E-state index is 5.73. The highest BCUT2D eigenvalue weighted by molar-refractivity contribution is 5.27. The van der Waals surface area contributed by atoms with E-state index in [2.05, 4.69) is 24.4 Å². The van der Waals surface area contributed by atoms with E-state index in [9.17, 15) is 0 Å². The normalized spacial score (nSPS) is 23.3. The van der Waals surface area contributed by atoms with Crippen LogP contribution in [0.25, 0.3) is 0 Å². The first-order chi connectivity index (χ1) is 9.28. The van der Waals surface area contributed by atoms with Crippen molar-refractivity contribution in [2.24, 2.45) is 0 Å². The van der Waals surface area contributed by atoms with Crippen LogP contribution >= 0.6 is 0 Å². The Hall–Kier alpha value is -1.06. The standard InChI is InChI=1S/C16H25NO2/c1-13-4-3-5-16(12-13)19-11-10-17-14-6-8-15(18-2)9-7-14/h3-5,12,14-15,17H,6-11H2,1-2H3. The Morgan fingerprint density at radius 2 is 2.00 bits per heavy atom. The minimum atomic E-state index is 0.474. The molecule has 3 nitrogen and oxygen atoms in total. The number of benzene rings is 1. The maximum atomic E-state index is 5.73. The minimum absolute atomic E-state index is 0.474. The predicted octanol–water partition coefficient (Wildman–Crippen LogP) is 2.92. The molecule has 1 saturated carbocycles. The average molecular weight is 263 g/mol. The van der Waals surface area contributed by atoms with E-state index in [1.165, 1.54) is 31.2 Å². The second-order valence-electron chi connectivity index (χ2n) is 5.33. The van der Waals surface area contributed by atoms with Crippen LogP contribution in [-0.2, 0) is 4.74 Å². The summed E-state index contributed by atoms with van der Waals surface area (Å²) in [4.78, 5) is 0. The second kappa shape index (κ2) is 7.51. The highest BCUT2D eigenvalue weighted by atomic mass is 16.5. The molecule has 1 N–H and O–H groups in total. The third-order valence-corrected chi connectivity index (χ3v) is 3.80. The Bertz CT molecular complexity index is 373. The van der Waals surface area contributed by atoms with E-state index in [0.29, 0.717) is 12.1 Å². The van der Waals surface area contributed by atoms with Crippen molar-refractivity contribution in [2.45, 2.75) is 44.8 Å². The van der Waals surface area contributed by atoms with E-state index in [1.54, 1.807) is 0 Å². The van der Waals surface area contributed by atoms with Crippen molar-refractivity contribution in [1.82, 2.24) is 5.32 Å². The molecule has 2 rings (SSSR count). The van der Waals surface area contributed by atoms with E-state index in [1.807, 2.05) is 19.2 Å². The van der Waals surface area contributed by atoms with Crippen LogP contribution in [0.15, 0.2) is 24.3 Å². The van der Waals surface area contributed by atoms with Crippen molar-refractivity contribution in [2.75, 3.05) is 20.3 Å². The van der Waals surface area contributed by atoms with Gasteiger partial charge in [0.2, 0.25) is 0 Å². The lowest BCUT2D eigenvalue weighted by atomic mass is 9.93. The summed E-state index contributed by atoms with van der Waals surface area (Å²) in [5, 5.41) is 3.57. The first-order valence-corrected chi connectivity index (χ1v) is 7.23. The molecule has 0 amide bonds. The topological polar surface area (TPSA) is 30.5 Å². The summed E-state index contributed by atoms with van der Waals surface area (Å²) in [5.41, 5.74) is 1.24. The lowest BCUT2D eigenvalue weighted by Gasteiger charge is -2.28. The van der Waals surface area contributed by atoms with Crippen molar-refractivity contribution in [3.05, 3.63) is 29.8 Å². The van der Waals surface area contributed by atoms with Crippen molar-refractivity contribution in [3.63, 3.8) is 0 Å².